The van der Waals surface area contributed by atoms with Gasteiger partial charge in [0.05, 0.1) is 12.7 Å². The van der Waals surface area contributed by atoms with Gasteiger partial charge in [-0.2, -0.15) is 0 Å². The van der Waals surface area contributed by atoms with Gasteiger partial charge in [0.25, 0.3) is 0 Å². The summed E-state index contributed by atoms with van der Waals surface area (Å²) in [6.45, 7) is 3.40. The number of aliphatic hydroxyl groups is 1. The summed E-state index contributed by atoms with van der Waals surface area (Å²) in [6.07, 6.45) is 46.1. The Morgan fingerprint density at radius 1 is 0.604 bits per heavy atom. The number of hydrogen-bond donors (Lipinski definition) is 3. The Bertz CT molecular complexity index is 1150. The Hall–Kier alpha value is -2.81. The molecule has 2 atom stereocenters. The lowest BCUT2D eigenvalue weighted by molar-refractivity contribution is -0.161. The van der Waals surface area contributed by atoms with Gasteiger partial charge in [0.2, 0.25) is 0 Å². The van der Waals surface area contributed by atoms with Crippen molar-refractivity contribution in [2.75, 3.05) is 13.2 Å². The molecule has 0 aromatic rings. The largest absolute Gasteiger partial charge is 0.469 e. The Balaban J connectivity index is 4.12. The van der Waals surface area contributed by atoms with E-state index in [1.807, 2.05) is 18.2 Å². The zero-order valence-corrected chi connectivity index (χ0v) is 33.6. The van der Waals surface area contributed by atoms with E-state index < -0.39 is 38.6 Å². The molecule has 302 valence electrons. The van der Waals surface area contributed by atoms with Crippen molar-refractivity contribution >= 4 is 19.8 Å². The van der Waals surface area contributed by atoms with Crippen LogP contribution in [0.5, 0.6) is 0 Å². The molecule has 0 rings (SSSR count). The highest BCUT2D eigenvalue weighted by molar-refractivity contribution is 7.46. The maximum Gasteiger partial charge on any atom is 0.469 e. The third-order valence-corrected chi connectivity index (χ3v) is 8.49. The van der Waals surface area contributed by atoms with Crippen LogP contribution in [0.4, 0.5) is 0 Å². The predicted octanol–water partition coefficient (Wildman–Crippen LogP) is 11.0. The Morgan fingerprint density at radius 2 is 1.13 bits per heavy atom. The lowest BCUT2D eigenvalue weighted by Crippen LogP contribution is -2.29. The summed E-state index contributed by atoms with van der Waals surface area (Å²) in [7, 11) is -4.79. The summed E-state index contributed by atoms with van der Waals surface area (Å²) in [6, 6.07) is 0. The van der Waals surface area contributed by atoms with E-state index in [0.29, 0.717) is 19.3 Å². The molecule has 9 nitrogen and oxygen atoms in total. The van der Waals surface area contributed by atoms with Crippen LogP contribution in [0, 0.1) is 0 Å². The van der Waals surface area contributed by atoms with E-state index in [1.165, 1.54) is 25.7 Å². The molecule has 0 amide bonds. The second-order valence-electron chi connectivity index (χ2n) is 13.1. The number of rotatable bonds is 35. The highest BCUT2D eigenvalue weighted by Crippen LogP contribution is 2.36. The van der Waals surface area contributed by atoms with Crippen LogP contribution in [-0.4, -0.2) is 52.3 Å². The zero-order valence-electron chi connectivity index (χ0n) is 32.7. The third kappa shape index (κ3) is 40.2. The summed E-state index contributed by atoms with van der Waals surface area (Å²) >= 11 is 0. The number of phosphoric ester groups is 1. The van der Waals surface area contributed by atoms with Crippen molar-refractivity contribution in [2.45, 2.75) is 161 Å². The zero-order chi connectivity index (χ0) is 39.1. The fourth-order valence-corrected chi connectivity index (χ4v) is 5.37. The number of allylic oxidation sites excluding steroid dienone is 13. The molecule has 0 aliphatic carbocycles. The van der Waals surface area contributed by atoms with Gasteiger partial charge in [-0.05, 0) is 77.0 Å². The van der Waals surface area contributed by atoms with Crippen molar-refractivity contribution in [2.24, 2.45) is 0 Å². The fraction of sp³-hybridized carbons (Fsp3) is 0.628. The number of aliphatic hydroxyl groups excluding tert-OH is 1. The SMILES string of the molecule is CC/C=C/C/C=C/C=C/C(O)CCCCCCCC(=O)OC[C@H](COP(=O)(O)O)OC(=O)CCCCC/C=C\C/C=C\C/C=C\C/C=C\CCCCC. The van der Waals surface area contributed by atoms with Crippen LogP contribution < -0.4 is 0 Å². The summed E-state index contributed by atoms with van der Waals surface area (Å²) in [5.74, 6) is -1.01. The van der Waals surface area contributed by atoms with Crippen LogP contribution in [0.15, 0.2) is 85.1 Å². The molecule has 0 aliphatic heterocycles. The summed E-state index contributed by atoms with van der Waals surface area (Å²) < 4.78 is 26.3. The van der Waals surface area contributed by atoms with Gasteiger partial charge in [0.15, 0.2) is 6.10 Å². The van der Waals surface area contributed by atoms with E-state index in [4.69, 9.17) is 19.3 Å². The molecular weight excluding hydrogens is 691 g/mol. The number of unbranched alkanes of at least 4 members (excludes halogenated alkanes) is 10. The Kier molecular flexibility index (Phi) is 35.5. The van der Waals surface area contributed by atoms with Crippen molar-refractivity contribution in [1.29, 1.82) is 0 Å². The molecule has 0 radical (unpaired) electrons. The van der Waals surface area contributed by atoms with Crippen LogP contribution in [0.3, 0.4) is 0 Å². The highest BCUT2D eigenvalue weighted by Gasteiger charge is 2.22. The van der Waals surface area contributed by atoms with Crippen molar-refractivity contribution in [1.82, 2.24) is 0 Å². The molecule has 0 aromatic heterocycles. The summed E-state index contributed by atoms with van der Waals surface area (Å²) in [4.78, 5) is 42.8. The molecule has 0 aliphatic rings. The first-order valence-corrected chi connectivity index (χ1v) is 21.5. The topological polar surface area (TPSA) is 140 Å². The fourth-order valence-electron chi connectivity index (χ4n) is 5.01. The van der Waals surface area contributed by atoms with Gasteiger partial charge in [0.1, 0.15) is 6.61 Å². The van der Waals surface area contributed by atoms with Gasteiger partial charge in [-0.15, -0.1) is 0 Å². The number of ether oxygens (including phenoxy) is 2. The van der Waals surface area contributed by atoms with Gasteiger partial charge >= 0.3 is 19.8 Å². The lowest BCUT2D eigenvalue weighted by Gasteiger charge is -2.18. The molecule has 3 N–H and O–H groups in total. The van der Waals surface area contributed by atoms with E-state index in [2.05, 4.69) is 79.1 Å². The monoisotopic (exact) mass is 762 g/mol. The molecule has 1 unspecified atom stereocenters. The number of carbonyl (C=O) groups excluding carboxylic acids is 2. The van der Waals surface area contributed by atoms with Crippen molar-refractivity contribution in [3.63, 3.8) is 0 Å². The first-order chi connectivity index (χ1) is 25.7. The van der Waals surface area contributed by atoms with Crippen LogP contribution in [0.2, 0.25) is 0 Å². The quantitative estimate of drug-likeness (QED) is 0.0189. The number of esters is 2. The smallest absolute Gasteiger partial charge is 0.462 e. The summed E-state index contributed by atoms with van der Waals surface area (Å²) in [5.41, 5.74) is 0. The second kappa shape index (κ2) is 37.5. The number of phosphoric acid groups is 1. The second-order valence-corrected chi connectivity index (χ2v) is 14.3. The first kappa shape index (κ1) is 50.2. The minimum atomic E-state index is -4.79. The van der Waals surface area contributed by atoms with Gasteiger partial charge in [-0.25, -0.2) is 4.57 Å². The van der Waals surface area contributed by atoms with E-state index in [0.717, 1.165) is 77.0 Å². The van der Waals surface area contributed by atoms with Crippen LogP contribution in [0.25, 0.3) is 0 Å². The lowest BCUT2D eigenvalue weighted by atomic mass is 10.1. The molecule has 10 heteroatoms. The van der Waals surface area contributed by atoms with Crippen LogP contribution in [-0.2, 0) is 28.2 Å². The molecule has 0 bridgehead atoms. The van der Waals surface area contributed by atoms with E-state index in [-0.39, 0.29) is 19.4 Å². The van der Waals surface area contributed by atoms with Crippen LogP contribution >= 0.6 is 7.82 Å². The molecule has 0 aromatic carbocycles. The third-order valence-electron chi connectivity index (χ3n) is 8.00. The minimum Gasteiger partial charge on any atom is -0.462 e. The predicted molar refractivity (Wildman–Crippen MR) is 217 cm³/mol. The van der Waals surface area contributed by atoms with Gasteiger partial charge in [-0.1, -0.05) is 144 Å². The van der Waals surface area contributed by atoms with E-state index >= 15 is 0 Å². The van der Waals surface area contributed by atoms with E-state index in [1.54, 1.807) is 6.08 Å². The Labute approximate surface area is 321 Å². The maximum absolute atomic E-state index is 12.4. The minimum absolute atomic E-state index is 0.149. The number of hydrogen-bond acceptors (Lipinski definition) is 7. The average molecular weight is 763 g/mol. The molecule has 0 spiro atoms. The molecule has 0 heterocycles. The molecular formula is C43H71O9P. The van der Waals surface area contributed by atoms with Crippen molar-refractivity contribution in [3.05, 3.63) is 85.1 Å². The Morgan fingerprint density at radius 3 is 1.75 bits per heavy atom. The standard InChI is InChI=1S/C43H71O9P/c1-3-5-7-9-11-12-13-14-15-16-17-18-19-20-21-22-24-28-33-37-43(46)52-41(39-51-53(47,48)49)38-50-42(45)36-32-29-25-27-31-35-40(44)34-30-26-23-10-8-6-4-2/h6,8,11-12,14-15,17-18,20-21,23,26,30,34,40-41,44H,3-5,7,9-10,13,16,19,22,24-25,27-29,31-33,35-39H2,1-2H3,(H2,47,48,49)/b8-6+,12-11-,15-14-,18-17-,21-20-,26-23+,34-30+/t40?,41-/m1/s1. The molecule has 0 saturated heterocycles. The molecule has 0 saturated carbocycles. The molecule has 53 heavy (non-hydrogen) atoms. The van der Waals surface area contributed by atoms with Crippen molar-refractivity contribution < 1.29 is 43.0 Å². The van der Waals surface area contributed by atoms with Gasteiger partial charge < -0.3 is 24.4 Å². The highest BCUT2D eigenvalue weighted by atomic mass is 31.2. The molecule has 0 fully saturated rings. The normalized spacial score (nSPS) is 14.0. The van der Waals surface area contributed by atoms with E-state index in [9.17, 15) is 19.3 Å². The first-order valence-electron chi connectivity index (χ1n) is 20.0. The maximum atomic E-state index is 12.4. The summed E-state index contributed by atoms with van der Waals surface area (Å²) in [5, 5.41) is 10.1. The van der Waals surface area contributed by atoms with Gasteiger partial charge in [0, 0.05) is 12.8 Å². The average Bonchev–Trinajstić information content (AvgIpc) is 3.12. The van der Waals surface area contributed by atoms with Crippen LogP contribution in [0.1, 0.15) is 149 Å². The number of carbonyl (C=O) groups is 2. The van der Waals surface area contributed by atoms with Gasteiger partial charge in [-0.3, -0.25) is 14.1 Å². The van der Waals surface area contributed by atoms with Crippen molar-refractivity contribution in [3.8, 4) is 0 Å².